The molecule has 92 heavy (non-hydrogen) atoms. The van der Waals surface area contributed by atoms with E-state index in [9.17, 15) is 70.3 Å². The first-order valence-corrected chi connectivity index (χ1v) is 32.5. The maximum absolute atomic E-state index is 12.8. The number of pyridine rings is 1. The number of rotatable bonds is 46. The van der Waals surface area contributed by atoms with E-state index >= 15 is 0 Å². The van der Waals surface area contributed by atoms with Crippen LogP contribution < -0.4 is 25.4 Å². The van der Waals surface area contributed by atoms with Crippen LogP contribution in [0.4, 0.5) is 51.2 Å². The van der Waals surface area contributed by atoms with Crippen LogP contribution in [0.2, 0.25) is 0 Å². The minimum absolute atomic E-state index is 0.0972. The molecule has 498 valence electrons. The van der Waals surface area contributed by atoms with Crippen LogP contribution in [0.5, 0.6) is 0 Å². The van der Waals surface area contributed by atoms with Crippen LogP contribution in [0.15, 0.2) is 79.1 Å². The van der Waals surface area contributed by atoms with Gasteiger partial charge in [0.05, 0.1) is 80.3 Å². The Balaban J connectivity index is 0.849. The number of unbranched alkanes of at least 4 members (excludes halogenated alkanes) is 17. The van der Waals surface area contributed by atoms with Crippen molar-refractivity contribution in [2.24, 2.45) is 0 Å². The zero-order valence-electron chi connectivity index (χ0n) is 53.8. The number of nitro benzene ring substituents is 6. The molecule has 0 radical (unpaired) electrons. The van der Waals surface area contributed by atoms with E-state index in [2.05, 4.69) is 121 Å². The highest BCUT2D eigenvalue weighted by Crippen LogP contribution is 2.48. The molecule has 2 amide bonds. The number of carbonyl (C=O) groups excluding carboxylic acids is 2. The van der Waals surface area contributed by atoms with E-state index in [1.165, 1.54) is 116 Å². The molecule has 5 rings (SSSR count). The zero-order chi connectivity index (χ0) is 67.0. The molecule has 0 bridgehead atoms. The Labute approximate surface area is 537 Å². The molecule has 0 fully saturated rings. The molecule has 4 aromatic carbocycles. The second kappa shape index (κ2) is 38.6. The number of carbonyl (C=O) groups is 2. The van der Waals surface area contributed by atoms with E-state index in [4.69, 9.17) is 0 Å². The molecule has 3 N–H and O–H groups in total. The Hall–Kier alpha value is -9.07. The summed E-state index contributed by atoms with van der Waals surface area (Å²) in [7, 11) is 2.19. The smallest absolute Gasteiger partial charge is 0.309 e. The second-order valence-electron chi connectivity index (χ2n) is 23.6. The van der Waals surface area contributed by atoms with Crippen LogP contribution in [-0.2, 0) is 22.6 Å². The molecular formula is C66H92N12O14+2. The minimum Gasteiger partial charge on any atom is -0.375 e. The predicted molar refractivity (Wildman–Crippen MR) is 357 cm³/mol. The molecule has 0 aliphatic carbocycles. The minimum atomic E-state index is -1.37. The molecule has 1 aromatic heterocycles. The maximum atomic E-state index is 12.8. The number of nitro groups is 6. The van der Waals surface area contributed by atoms with Crippen molar-refractivity contribution in [1.29, 1.82) is 0 Å². The molecule has 0 saturated heterocycles. The fourth-order valence-electron chi connectivity index (χ4n) is 11.6. The summed E-state index contributed by atoms with van der Waals surface area (Å²) in [6.07, 6.45) is 29.3. The third-order valence-corrected chi connectivity index (χ3v) is 17.4. The number of non-ortho nitro benzene ring substituents is 1. The van der Waals surface area contributed by atoms with E-state index in [-0.39, 0.29) is 12.5 Å². The van der Waals surface area contributed by atoms with Gasteiger partial charge in [0.25, 0.3) is 11.4 Å². The van der Waals surface area contributed by atoms with Gasteiger partial charge >= 0.3 is 22.7 Å². The summed E-state index contributed by atoms with van der Waals surface area (Å²) in [5.41, 5.74) is -7.27. The molecule has 0 aliphatic rings. The Morgan fingerprint density at radius 2 is 0.957 bits per heavy atom. The third kappa shape index (κ3) is 23.6. The SMILES string of the molecule is CC[N+](CC)(CC)CCC[n+]1ccc(/C=C/c2ccc3cc(N(C)CCCCCCCCCCCCNC(=O)CCCCCCCCCCCNC(=O)CCc4c([N+](=O)[O-])cc([N+](=O)[O-])c(Nc5c([N+](=O)[O-])cc([N+](=O)[O-])cc5[N+](=O)[O-])c4[N+](=O)[O-])ccc3c2)cc1. The Morgan fingerprint density at radius 1 is 0.489 bits per heavy atom. The van der Waals surface area contributed by atoms with Crippen LogP contribution in [-0.4, -0.2) is 98.7 Å². The number of aromatic nitrogens is 1. The Morgan fingerprint density at radius 3 is 1.47 bits per heavy atom. The number of nitrogens with one attached hydrogen (secondary N) is 3. The van der Waals surface area contributed by atoms with E-state index < -0.39 is 99.4 Å². The topological polar surface area (TPSA) is 336 Å². The Bertz CT molecular complexity index is 3300. The van der Waals surface area contributed by atoms with Crippen LogP contribution in [0.3, 0.4) is 0 Å². The quantitative estimate of drug-likeness (QED) is 0.0107. The van der Waals surface area contributed by atoms with Gasteiger partial charge in [-0.1, -0.05) is 127 Å². The van der Waals surface area contributed by atoms with Crippen molar-refractivity contribution in [1.82, 2.24) is 10.6 Å². The lowest BCUT2D eigenvalue weighted by molar-refractivity contribution is -0.925. The number of nitrogens with zero attached hydrogens (tertiary/aromatic N) is 9. The molecule has 0 unspecified atom stereocenters. The van der Waals surface area contributed by atoms with Crippen LogP contribution >= 0.6 is 0 Å². The van der Waals surface area contributed by atoms with Crippen molar-refractivity contribution in [2.45, 2.75) is 175 Å². The summed E-state index contributed by atoms with van der Waals surface area (Å²) in [4.78, 5) is 91.7. The number of quaternary nitrogens is 1. The van der Waals surface area contributed by atoms with Gasteiger partial charge in [-0.3, -0.25) is 70.3 Å². The van der Waals surface area contributed by atoms with Gasteiger partial charge in [-0.25, -0.2) is 4.57 Å². The standard InChI is InChI=1S/C66H90N12O14/c1-5-78(6-2,7-3)45-27-42-71-43-37-51(38-44-71)29-30-52-31-32-54-47-55(34-33-53(54)46-52)70(4)41-26-22-18-14-9-8-12-16-20-24-39-67-62(79)28-23-19-15-11-10-13-17-21-25-40-68-63(80)36-35-57-58(73(83)84)50-61(76(89)90)65(66(57)77(91)92)69-64-59(74(85)86)48-56(72(81)82)49-60(64)75(87)88/h29-34,37-38,43-44,46-50,69H,5-28,35-36,39-42,45H2,1-4H3/p+2. The second-order valence-corrected chi connectivity index (χ2v) is 23.6. The summed E-state index contributed by atoms with van der Waals surface area (Å²) in [6, 6.07) is 18.8. The lowest BCUT2D eigenvalue weighted by atomic mass is 10.0. The Kier molecular flexibility index (Phi) is 30.9. The molecule has 26 heteroatoms. The number of hydrogen-bond acceptors (Lipinski definition) is 16. The maximum Gasteiger partial charge on any atom is 0.309 e. The van der Waals surface area contributed by atoms with Crippen molar-refractivity contribution >= 4 is 85.9 Å². The van der Waals surface area contributed by atoms with Crippen molar-refractivity contribution in [3.63, 3.8) is 0 Å². The number of benzene rings is 4. The first kappa shape index (κ1) is 73.7. The van der Waals surface area contributed by atoms with E-state index in [1.807, 2.05) is 5.32 Å². The average molecular weight is 1280 g/mol. The first-order valence-electron chi connectivity index (χ1n) is 32.5. The van der Waals surface area contributed by atoms with Crippen molar-refractivity contribution in [2.75, 3.05) is 63.1 Å². The fourth-order valence-corrected chi connectivity index (χ4v) is 11.6. The zero-order valence-corrected chi connectivity index (χ0v) is 53.8. The number of hydrogen-bond donors (Lipinski definition) is 3. The van der Waals surface area contributed by atoms with Crippen molar-refractivity contribution in [3.8, 4) is 0 Å². The monoisotopic (exact) mass is 1280 g/mol. The van der Waals surface area contributed by atoms with Crippen LogP contribution in [0.1, 0.15) is 179 Å². The normalized spacial score (nSPS) is 11.4. The molecule has 5 aromatic rings. The van der Waals surface area contributed by atoms with Crippen LogP contribution in [0.25, 0.3) is 22.9 Å². The predicted octanol–water partition coefficient (Wildman–Crippen LogP) is 14.9. The van der Waals surface area contributed by atoms with E-state index in [0.717, 1.165) is 77.3 Å². The van der Waals surface area contributed by atoms with E-state index in [1.54, 1.807) is 0 Å². The summed E-state index contributed by atoms with van der Waals surface area (Å²) in [5.74, 6) is -0.563. The largest absolute Gasteiger partial charge is 0.375 e. The fraction of sp³-hybridized carbons (Fsp3) is 0.530. The van der Waals surface area contributed by atoms with Gasteiger partial charge in [0.15, 0.2) is 30.3 Å². The number of anilines is 3. The van der Waals surface area contributed by atoms with Crippen molar-refractivity contribution in [3.05, 3.63) is 156 Å². The van der Waals surface area contributed by atoms with Gasteiger partial charge in [-0.2, -0.15) is 0 Å². The summed E-state index contributed by atoms with van der Waals surface area (Å²) in [5, 5.41) is 81.8. The van der Waals surface area contributed by atoms with Gasteiger partial charge in [0.2, 0.25) is 11.8 Å². The molecule has 26 nitrogen and oxygen atoms in total. The van der Waals surface area contributed by atoms with E-state index in [0.29, 0.717) is 37.6 Å². The molecule has 0 saturated carbocycles. The van der Waals surface area contributed by atoms with Gasteiger partial charge in [-0.15, -0.1) is 0 Å². The van der Waals surface area contributed by atoms with Gasteiger partial charge in [0, 0.05) is 57.3 Å². The molecule has 1 heterocycles. The summed E-state index contributed by atoms with van der Waals surface area (Å²) in [6.45, 7) is 14.7. The highest BCUT2D eigenvalue weighted by atomic mass is 16.6. The highest BCUT2D eigenvalue weighted by Gasteiger charge is 2.40. The van der Waals surface area contributed by atoms with Gasteiger partial charge < -0.3 is 25.3 Å². The third-order valence-electron chi connectivity index (χ3n) is 17.4. The lowest BCUT2D eigenvalue weighted by Gasteiger charge is -2.35. The number of aryl methyl sites for hydroxylation is 1. The molecule has 0 aliphatic heterocycles. The number of fused-ring (bicyclic) bond motifs is 1. The first-order chi connectivity index (χ1) is 44.2. The molecular weight excluding hydrogens is 1180 g/mol. The molecule has 0 atom stereocenters. The summed E-state index contributed by atoms with van der Waals surface area (Å²) >= 11 is 0. The van der Waals surface area contributed by atoms with Gasteiger partial charge in [0.1, 0.15) is 5.56 Å². The van der Waals surface area contributed by atoms with Crippen LogP contribution in [0, 0.1) is 60.7 Å². The molecule has 0 spiro atoms. The highest BCUT2D eigenvalue weighted by molar-refractivity contribution is 5.91. The lowest BCUT2D eigenvalue weighted by Crippen LogP contribution is -2.49. The van der Waals surface area contributed by atoms with Crippen molar-refractivity contribution < 1.29 is 48.2 Å². The number of amides is 2. The summed E-state index contributed by atoms with van der Waals surface area (Å²) < 4.78 is 3.49. The average Bonchev–Trinajstić information content (AvgIpc) is 0.782. The van der Waals surface area contributed by atoms with Gasteiger partial charge in [-0.05, 0) is 93.0 Å².